The minimum absolute atomic E-state index is 0.0290. The van der Waals surface area contributed by atoms with Gasteiger partial charge in [-0.3, -0.25) is 4.79 Å². The van der Waals surface area contributed by atoms with Crippen LogP contribution in [0.4, 0.5) is 4.39 Å². The normalized spacial score (nSPS) is 30.2. The first kappa shape index (κ1) is 12.7. The molecule has 1 fully saturated rings. The zero-order valence-electron chi connectivity index (χ0n) is 11.7. The molecule has 0 bridgehead atoms. The van der Waals surface area contributed by atoms with E-state index in [4.69, 9.17) is 0 Å². The summed E-state index contributed by atoms with van der Waals surface area (Å²) in [6, 6.07) is 9.53. The van der Waals surface area contributed by atoms with Crippen LogP contribution in [-0.2, 0) is 0 Å². The van der Waals surface area contributed by atoms with Crippen molar-refractivity contribution >= 4 is 5.78 Å². The molecule has 1 aromatic carbocycles. The minimum Gasteiger partial charge on any atom is -0.290 e. The van der Waals surface area contributed by atoms with Gasteiger partial charge in [-0.2, -0.15) is 0 Å². The monoisotopic (exact) mass is 285 g/mol. The fourth-order valence-corrected chi connectivity index (χ4v) is 3.09. The van der Waals surface area contributed by atoms with Crippen molar-refractivity contribution in [3.8, 4) is 0 Å². The predicted molar refractivity (Wildman–Crippen MR) is 74.7 cm³/mol. The van der Waals surface area contributed by atoms with E-state index >= 15 is 0 Å². The summed E-state index contributed by atoms with van der Waals surface area (Å²) in [4.78, 5) is 16.4. The number of nitrogens with zero attached hydrogens (tertiary/aromatic N) is 3. The number of hydrogen-bond acceptors (Lipinski definition) is 3. The Balaban J connectivity index is 1.69. The van der Waals surface area contributed by atoms with Gasteiger partial charge in [0.15, 0.2) is 12.0 Å². The third-order valence-electron chi connectivity index (χ3n) is 4.51. The largest absolute Gasteiger partial charge is 0.290 e. The van der Waals surface area contributed by atoms with Crippen LogP contribution in [0.5, 0.6) is 0 Å². The fourth-order valence-electron chi connectivity index (χ4n) is 3.09. The van der Waals surface area contributed by atoms with Gasteiger partial charge in [-0.05, 0) is 17.9 Å². The Hall–Kier alpha value is -2.04. The van der Waals surface area contributed by atoms with Gasteiger partial charge in [0.1, 0.15) is 0 Å². The summed E-state index contributed by atoms with van der Waals surface area (Å²) >= 11 is 0. The molecule has 0 N–H and O–H groups in total. The number of fused-ring (bicyclic) bond motifs is 1. The Morgan fingerprint density at radius 2 is 2.00 bits per heavy atom. The van der Waals surface area contributed by atoms with Crippen molar-refractivity contribution in [1.82, 2.24) is 14.8 Å². The zero-order valence-corrected chi connectivity index (χ0v) is 11.7. The minimum atomic E-state index is -1.15. The molecule has 5 heteroatoms. The van der Waals surface area contributed by atoms with E-state index in [2.05, 4.69) is 10.1 Å². The summed E-state index contributed by atoms with van der Waals surface area (Å²) in [5.74, 6) is 0.870. The first-order chi connectivity index (χ1) is 10.1. The Morgan fingerprint density at radius 1 is 1.29 bits per heavy atom. The molecule has 0 saturated heterocycles. The molecule has 1 aromatic heterocycles. The SMILES string of the molecule is C[C@@H]1C[C@H]1C(=O)c1nc2n(n1)[C@H](c1ccccc1)C[C@@H]2F. The highest BCUT2D eigenvalue weighted by Gasteiger charge is 2.43. The first-order valence-corrected chi connectivity index (χ1v) is 7.35. The average Bonchev–Trinajstić information content (AvgIpc) is 2.95. The number of Topliss-reactive ketones (excluding diaryl/α,β-unsaturated/α-hetero) is 1. The van der Waals surface area contributed by atoms with E-state index in [1.54, 1.807) is 4.68 Å². The third kappa shape index (κ3) is 1.99. The number of rotatable bonds is 3. The van der Waals surface area contributed by atoms with Crippen molar-refractivity contribution in [2.45, 2.75) is 32.0 Å². The maximum absolute atomic E-state index is 14.2. The highest BCUT2D eigenvalue weighted by atomic mass is 19.1. The van der Waals surface area contributed by atoms with E-state index in [1.807, 2.05) is 37.3 Å². The molecular weight excluding hydrogens is 269 g/mol. The predicted octanol–water partition coefficient (Wildman–Crippen LogP) is 3.12. The lowest BCUT2D eigenvalue weighted by molar-refractivity contribution is 0.0951. The van der Waals surface area contributed by atoms with Crippen LogP contribution in [-0.4, -0.2) is 20.5 Å². The van der Waals surface area contributed by atoms with Crippen LogP contribution in [0.2, 0.25) is 0 Å². The molecule has 2 aromatic rings. The van der Waals surface area contributed by atoms with Crippen LogP contribution in [0.1, 0.15) is 54.0 Å². The third-order valence-corrected chi connectivity index (χ3v) is 4.51. The molecule has 2 aliphatic rings. The van der Waals surface area contributed by atoms with Crippen LogP contribution < -0.4 is 0 Å². The number of carbonyl (C=O) groups excluding carboxylic acids is 1. The van der Waals surface area contributed by atoms with Crippen LogP contribution in [0, 0.1) is 11.8 Å². The average molecular weight is 285 g/mol. The molecule has 0 amide bonds. The van der Waals surface area contributed by atoms with E-state index in [1.165, 1.54) is 0 Å². The molecule has 0 unspecified atom stereocenters. The van der Waals surface area contributed by atoms with E-state index in [0.29, 0.717) is 18.2 Å². The Kier molecular flexibility index (Phi) is 2.71. The molecule has 108 valence electrons. The lowest BCUT2D eigenvalue weighted by Gasteiger charge is -2.11. The molecule has 4 rings (SSSR count). The molecule has 2 heterocycles. The number of aromatic nitrogens is 3. The smallest absolute Gasteiger partial charge is 0.217 e. The number of halogens is 1. The number of carbonyl (C=O) groups is 1. The second-order valence-corrected chi connectivity index (χ2v) is 6.05. The highest BCUT2D eigenvalue weighted by Crippen LogP contribution is 2.42. The summed E-state index contributed by atoms with van der Waals surface area (Å²) in [6.07, 6.45) is 0.0817. The molecule has 1 aliphatic heterocycles. The molecule has 4 atom stereocenters. The van der Waals surface area contributed by atoms with Crippen LogP contribution >= 0.6 is 0 Å². The molecular formula is C16H16FN3O. The summed E-state index contributed by atoms with van der Waals surface area (Å²) < 4.78 is 15.8. The zero-order chi connectivity index (χ0) is 14.6. The molecule has 1 aliphatic carbocycles. The second-order valence-electron chi connectivity index (χ2n) is 6.05. The summed E-state index contributed by atoms with van der Waals surface area (Å²) in [5, 5.41) is 4.31. The van der Waals surface area contributed by atoms with Crippen molar-refractivity contribution in [3.63, 3.8) is 0 Å². The Labute approximate surface area is 122 Å². The van der Waals surface area contributed by atoms with Gasteiger partial charge in [0, 0.05) is 12.3 Å². The van der Waals surface area contributed by atoms with Crippen molar-refractivity contribution in [2.75, 3.05) is 0 Å². The number of hydrogen-bond donors (Lipinski definition) is 0. The van der Waals surface area contributed by atoms with Crippen molar-refractivity contribution in [1.29, 1.82) is 0 Å². The van der Waals surface area contributed by atoms with Gasteiger partial charge < -0.3 is 0 Å². The maximum atomic E-state index is 14.2. The lowest BCUT2D eigenvalue weighted by atomic mass is 10.0. The highest BCUT2D eigenvalue weighted by molar-refractivity contribution is 5.96. The topological polar surface area (TPSA) is 47.8 Å². The van der Waals surface area contributed by atoms with E-state index < -0.39 is 6.17 Å². The van der Waals surface area contributed by atoms with E-state index in [-0.39, 0.29) is 23.6 Å². The number of ketones is 1. The summed E-state index contributed by atoms with van der Waals surface area (Å²) in [6.45, 7) is 2.04. The molecule has 1 saturated carbocycles. The number of benzene rings is 1. The van der Waals surface area contributed by atoms with Crippen molar-refractivity contribution in [3.05, 3.63) is 47.5 Å². The van der Waals surface area contributed by atoms with Gasteiger partial charge >= 0.3 is 0 Å². The molecule has 0 radical (unpaired) electrons. The second kappa shape index (κ2) is 4.48. The first-order valence-electron chi connectivity index (χ1n) is 7.35. The van der Waals surface area contributed by atoms with Gasteiger partial charge in [0.25, 0.3) is 0 Å². The Morgan fingerprint density at radius 3 is 2.67 bits per heavy atom. The molecule has 0 spiro atoms. The maximum Gasteiger partial charge on any atom is 0.217 e. The van der Waals surface area contributed by atoms with Crippen LogP contribution in [0.25, 0.3) is 0 Å². The standard InChI is InChI=1S/C16H16FN3O/c1-9-7-11(9)14(21)15-18-16-12(17)8-13(20(16)19-15)10-5-3-2-4-6-10/h2-6,9,11-13H,7-8H2,1H3/t9-,11-,12+,13+/m1/s1. The van der Waals surface area contributed by atoms with Crippen LogP contribution in [0.15, 0.2) is 30.3 Å². The fraction of sp³-hybridized carbons (Fsp3) is 0.438. The van der Waals surface area contributed by atoms with Crippen molar-refractivity contribution in [2.24, 2.45) is 11.8 Å². The van der Waals surface area contributed by atoms with Gasteiger partial charge in [-0.1, -0.05) is 37.3 Å². The van der Waals surface area contributed by atoms with Gasteiger partial charge in [-0.15, -0.1) is 5.10 Å². The molecule has 4 nitrogen and oxygen atoms in total. The Bertz CT molecular complexity index is 697. The van der Waals surface area contributed by atoms with E-state index in [9.17, 15) is 9.18 Å². The number of alkyl halides is 1. The van der Waals surface area contributed by atoms with E-state index in [0.717, 1.165) is 12.0 Å². The quantitative estimate of drug-likeness (QED) is 0.814. The van der Waals surface area contributed by atoms with Gasteiger partial charge in [0.05, 0.1) is 6.04 Å². The lowest BCUT2D eigenvalue weighted by Crippen LogP contribution is -2.11. The van der Waals surface area contributed by atoms with Gasteiger partial charge in [0.2, 0.25) is 11.6 Å². The molecule has 21 heavy (non-hydrogen) atoms. The van der Waals surface area contributed by atoms with Crippen molar-refractivity contribution < 1.29 is 9.18 Å². The van der Waals surface area contributed by atoms with Gasteiger partial charge in [-0.25, -0.2) is 14.1 Å². The summed E-state index contributed by atoms with van der Waals surface area (Å²) in [7, 11) is 0. The van der Waals surface area contributed by atoms with Crippen LogP contribution in [0.3, 0.4) is 0 Å². The summed E-state index contributed by atoms with van der Waals surface area (Å²) in [5.41, 5.74) is 1.00.